The lowest BCUT2D eigenvalue weighted by atomic mass is 10.1. The summed E-state index contributed by atoms with van der Waals surface area (Å²) in [6.07, 6.45) is 1.52. The van der Waals surface area contributed by atoms with Crippen molar-refractivity contribution in [2.45, 2.75) is 19.9 Å². The van der Waals surface area contributed by atoms with Gasteiger partial charge in [0.15, 0.2) is 11.6 Å². The van der Waals surface area contributed by atoms with Gasteiger partial charge in [0.2, 0.25) is 5.91 Å². The SMILES string of the molecule is CCOc1cccnc1NC(=O)C(C)N1C(=O)c2ccccc2C1=O. The molecule has 1 N–H and O–H groups in total. The summed E-state index contributed by atoms with van der Waals surface area (Å²) >= 11 is 0. The average molecular weight is 339 g/mol. The van der Waals surface area contributed by atoms with Crippen LogP contribution >= 0.6 is 0 Å². The van der Waals surface area contributed by atoms with Gasteiger partial charge in [0.1, 0.15) is 6.04 Å². The van der Waals surface area contributed by atoms with Crippen LogP contribution in [0.3, 0.4) is 0 Å². The number of aromatic nitrogens is 1. The van der Waals surface area contributed by atoms with Gasteiger partial charge in [-0.1, -0.05) is 12.1 Å². The summed E-state index contributed by atoms with van der Waals surface area (Å²) in [6, 6.07) is 8.90. The molecule has 0 radical (unpaired) electrons. The number of benzene rings is 1. The Morgan fingerprint density at radius 2 is 1.80 bits per heavy atom. The summed E-state index contributed by atoms with van der Waals surface area (Å²) < 4.78 is 5.41. The van der Waals surface area contributed by atoms with Crippen LogP contribution in [-0.2, 0) is 4.79 Å². The van der Waals surface area contributed by atoms with Gasteiger partial charge in [-0.15, -0.1) is 0 Å². The molecular weight excluding hydrogens is 322 g/mol. The van der Waals surface area contributed by atoms with Gasteiger partial charge in [-0.3, -0.25) is 19.3 Å². The van der Waals surface area contributed by atoms with Crippen LogP contribution in [0, 0.1) is 0 Å². The van der Waals surface area contributed by atoms with Crippen LogP contribution in [0.4, 0.5) is 5.82 Å². The van der Waals surface area contributed by atoms with E-state index in [0.29, 0.717) is 23.5 Å². The summed E-state index contributed by atoms with van der Waals surface area (Å²) in [5.41, 5.74) is 0.611. The van der Waals surface area contributed by atoms with E-state index in [1.54, 1.807) is 36.4 Å². The van der Waals surface area contributed by atoms with E-state index in [1.807, 2.05) is 6.92 Å². The second kappa shape index (κ2) is 6.72. The van der Waals surface area contributed by atoms with Crippen LogP contribution in [0.2, 0.25) is 0 Å². The molecule has 0 spiro atoms. The number of carbonyl (C=O) groups excluding carboxylic acids is 3. The van der Waals surface area contributed by atoms with E-state index < -0.39 is 23.8 Å². The second-order valence-corrected chi connectivity index (χ2v) is 5.47. The topological polar surface area (TPSA) is 88.6 Å². The minimum Gasteiger partial charge on any atom is -0.490 e. The Balaban J connectivity index is 1.80. The summed E-state index contributed by atoms with van der Waals surface area (Å²) in [7, 11) is 0. The van der Waals surface area contributed by atoms with E-state index in [1.165, 1.54) is 13.1 Å². The molecule has 1 aromatic heterocycles. The van der Waals surface area contributed by atoms with E-state index in [0.717, 1.165) is 4.90 Å². The van der Waals surface area contributed by atoms with Crippen LogP contribution in [0.25, 0.3) is 0 Å². The minimum atomic E-state index is -0.983. The van der Waals surface area contributed by atoms with E-state index in [9.17, 15) is 14.4 Å². The Bertz CT molecular complexity index is 815. The van der Waals surface area contributed by atoms with E-state index in [2.05, 4.69) is 10.3 Å². The number of anilines is 1. The summed E-state index contributed by atoms with van der Waals surface area (Å²) in [5.74, 6) is -0.802. The Kier molecular flexibility index (Phi) is 4.47. The van der Waals surface area contributed by atoms with Crippen molar-refractivity contribution in [1.29, 1.82) is 0 Å². The van der Waals surface area contributed by atoms with Crippen LogP contribution in [0.1, 0.15) is 34.6 Å². The third kappa shape index (κ3) is 2.96. The van der Waals surface area contributed by atoms with Crippen molar-refractivity contribution >= 4 is 23.5 Å². The Hall–Kier alpha value is -3.22. The maximum Gasteiger partial charge on any atom is 0.262 e. The van der Waals surface area contributed by atoms with Crippen LogP contribution in [0.5, 0.6) is 5.75 Å². The Labute approximate surface area is 144 Å². The van der Waals surface area contributed by atoms with Gasteiger partial charge >= 0.3 is 0 Å². The van der Waals surface area contributed by atoms with Crippen molar-refractivity contribution in [2.75, 3.05) is 11.9 Å². The van der Waals surface area contributed by atoms with Crippen molar-refractivity contribution in [1.82, 2.24) is 9.88 Å². The predicted octanol–water partition coefficient (Wildman–Crippen LogP) is 2.10. The minimum absolute atomic E-state index is 0.248. The molecule has 1 aliphatic heterocycles. The molecule has 0 saturated heterocycles. The van der Waals surface area contributed by atoms with Crippen molar-refractivity contribution in [2.24, 2.45) is 0 Å². The molecule has 128 valence electrons. The zero-order chi connectivity index (χ0) is 18.0. The van der Waals surface area contributed by atoms with Gasteiger partial charge in [0, 0.05) is 6.20 Å². The summed E-state index contributed by atoms with van der Waals surface area (Å²) in [6.45, 7) is 3.74. The first kappa shape index (κ1) is 16.6. The maximum atomic E-state index is 12.5. The molecule has 1 unspecified atom stereocenters. The van der Waals surface area contributed by atoms with E-state index in [4.69, 9.17) is 4.74 Å². The van der Waals surface area contributed by atoms with Crippen LogP contribution < -0.4 is 10.1 Å². The highest BCUT2D eigenvalue weighted by molar-refractivity contribution is 6.23. The van der Waals surface area contributed by atoms with Gasteiger partial charge < -0.3 is 10.1 Å². The zero-order valence-corrected chi connectivity index (χ0v) is 13.9. The number of pyridine rings is 1. The van der Waals surface area contributed by atoms with E-state index >= 15 is 0 Å². The smallest absolute Gasteiger partial charge is 0.262 e. The zero-order valence-electron chi connectivity index (χ0n) is 13.9. The second-order valence-electron chi connectivity index (χ2n) is 5.47. The molecule has 7 heteroatoms. The fraction of sp³-hybridized carbons (Fsp3) is 0.222. The van der Waals surface area contributed by atoms with Gasteiger partial charge in [0.05, 0.1) is 17.7 Å². The van der Waals surface area contributed by atoms with Crippen LogP contribution in [-0.4, -0.2) is 40.3 Å². The molecule has 0 fully saturated rings. The van der Waals surface area contributed by atoms with Crippen molar-refractivity contribution in [3.63, 3.8) is 0 Å². The standard InChI is InChI=1S/C18H17N3O4/c1-3-25-14-9-6-10-19-15(14)20-16(22)11(2)21-17(23)12-7-4-5-8-13(12)18(21)24/h4-11H,3H2,1-2H3,(H,19,20,22). The fourth-order valence-electron chi connectivity index (χ4n) is 2.65. The lowest BCUT2D eigenvalue weighted by Crippen LogP contribution is -2.45. The highest BCUT2D eigenvalue weighted by Gasteiger charge is 2.40. The Morgan fingerprint density at radius 1 is 1.16 bits per heavy atom. The lowest BCUT2D eigenvalue weighted by Gasteiger charge is -2.22. The molecule has 1 aliphatic rings. The quantitative estimate of drug-likeness (QED) is 0.843. The van der Waals surface area contributed by atoms with Gasteiger partial charge in [-0.25, -0.2) is 4.98 Å². The molecule has 0 saturated carbocycles. The first-order chi connectivity index (χ1) is 12.0. The van der Waals surface area contributed by atoms with Gasteiger partial charge in [0.25, 0.3) is 11.8 Å². The molecule has 25 heavy (non-hydrogen) atoms. The number of nitrogens with one attached hydrogen (secondary N) is 1. The predicted molar refractivity (Wildman–Crippen MR) is 90.4 cm³/mol. The van der Waals surface area contributed by atoms with Crippen LogP contribution in [0.15, 0.2) is 42.6 Å². The normalized spacial score (nSPS) is 14.2. The molecule has 2 aromatic rings. The first-order valence-corrected chi connectivity index (χ1v) is 7.90. The summed E-state index contributed by atoms with van der Waals surface area (Å²) in [5, 5.41) is 2.62. The number of rotatable bonds is 5. The molecule has 7 nitrogen and oxygen atoms in total. The maximum absolute atomic E-state index is 12.5. The third-order valence-corrected chi connectivity index (χ3v) is 3.90. The number of imide groups is 1. The number of fused-ring (bicyclic) bond motifs is 1. The highest BCUT2D eigenvalue weighted by Crippen LogP contribution is 2.26. The van der Waals surface area contributed by atoms with Crippen molar-refractivity contribution in [3.8, 4) is 5.75 Å². The largest absolute Gasteiger partial charge is 0.490 e. The van der Waals surface area contributed by atoms with Gasteiger partial charge in [-0.2, -0.15) is 0 Å². The number of amides is 3. The molecule has 2 heterocycles. The first-order valence-electron chi connectivity index (χ1n) is 7.90. The molecule has 3 rings (SSSR count). The average Bonchev–Trinajstić information content (AvgIpc) is 2.87. The number of carbonyl (C=O) groups is 3. The number of hydrogen-bond donors (Lipinski definition) is 1. The molecule has 0 aliphatic carbocycles. The molecule has 0 bridgehead atoms. The molecule has 3 amide bonds. The van der Waals surface area contributed by atoms with Crippen molar-refractivity contribution in [3.05, 3.63) is 53.7 Å². The van der Waals surface area contributed by atoms with E-state index in [-0.39, 0.29) is 5.82 Å². The lowest BCUT2D eigenvalue weighted by molar-refractivity contribution is -0.119. The number of hydrogen-bond acceptors (Lipinski definition) is 5. The highest BCUT2D eigenvalue weighted by atomic mass is 16.5. The Morgan fingerprint density at radius 3 is 2.40 bits per heavy atom. The third-order valence-electron chi connectivity index (χ3n) is 3.90. The molecular formula is C18H17N3O4. The fourth-order valence-corrected chi connectivity index (χ4v) is 2.65. The molecule has 1 atom stereocenters. The molecule has 1 aromatic carbocycles. The monoisotopic (exact) mass is 339 g/mol. The summed E-state index contributed by atoms with van der Waals surface area (Å²) in [4.78, 5) is 42.5. The number of ether oxygens (including phenoxy) is 1. The van der Waals surface area contributed by atoms with Gasteiger partial charge in [-0.05, 0) is 38.1 Å². The van der Waals surface area contributed by atoms with Crippen molar-refractivity contribution < 1.29 is 19.1 Å². The number of nitrogens with zero attached hydrogens (tertiary/aromatic N) is 2.